The number of aryl methyl sites for hydroxylation is 1. The lowest BCUT2D eigenvalue weighted by Gasteiger charge is -2.41. The molecular formula is C26H29N3O3S. The van der Waals surface area contributed by atoms with E-state index < -0.39 is 10.0 Å². The smallest absolute Gasteiger partial charge is 0.253 e. The molecule has 6 nitrogen and oxygen atoms in total. The van der Waals surface area contributed by atoms with E-state index in [1.54, 1.807) is 54.6 Å². The number of carbonyl (C=O) groups is 1. The Morgan fingerprint density at radius 3 is 2.36 bits per heavy atom. The molecule has 7 heteroatoms. The van der Waals surface area contributed by atoms with E-state index >= 15 is 0 Å². The third-order valence-electron chi connectivity index (χ3n) is 5.97. The summed E-state index contributed by atoms with van der Waals surface area (Å²) in [6.07, 6.45) is 0. The highest BCUT2D eigenvalue weighted by atomic mass is 32.2. The Bertz CT molecular complexity index is 1210. The summed E-state index contributed by atoms with van der Waals surface area (Å²) in [6, 6.07) is 24.1. The number of carbonyl (C=O) groups excluding carboxylic acids is 1. The molecule has 1 fully saturated rings. The maximum atomic E-state index is 13.1. The van der Waals surface area contributed by atoms with Crippen molar-refractivity contribution in [3.05, 3.63) is 95.6 Å². The van der Waals surface area contributed by atoms with Crippen molar-refractivity contribution in [3.63, 3.8) is 0 Å². The first-order valence-electron chi connectivity index (χ1n) is 11.1. The molecule has 0 spiro atoms. The fourth-order valence-corrected chi connectivity index (χ4v) is 5.18. The van der Waals surface area contributed by atoms with Gasteiger partial charge < -0.3 is 9.80 Å². The van der Waals surface area contributed by atoms with Gasteiger partial charge in [0, 0.05) is 43.5 Å². The third kappa shape index (κ3) is 5.43. The highest BCUT2D eigenvalue weighted by molar-refractivity contribution is 7.89. The van der Waals surface area contributed by atoms with E-state index in [1.165, 1.54) is 11.3 Å². The van der Waals surface area contributed by atoms with Crippen molar-refractivity contribution >= 4 is 21.6 Å². The molecule has 0 aliphatic carbocycles. The Balaban J connectivity index is 1.36. The van der Waals surface area contributed by atoms with Crippen LogP contribution in [-0.2, 0) is 16.6 Å². The molecule has 0 bridgehead atoms. The van der Waals surface area contributed by atoms with Crippen molar-refractivity contribution in [2.45, 2.75) is 31.3 Å². The van der Waals surface area contributed by atoms with Gasteiger partial charge in [-0.2, -0.15) is 0 Å². The molecule has 33 heavy (non-hydrogen) atoms. The summed E-state index contributed by atoms with van der Waals surface area (Å²) >= 11 is 0. The SMILES string of the molecule is Cc1cccc(N2CCN(C(=O)c3ccc(CNS(=O)(=O)c4ccccc4)cc3)C[C@@H]2C)c1. The number of nitrogens with one attached hydrogen (secondary N) is 1. The van der Waals surface area contributed by atoms with Crippen LogP contribution in [0, 0.1) is 6.92 Å². The maximum absolute atomic E-state index is 13.1. The molecule has 0 unspecified atom stereocenters. The van der Waals surface area contributed by atoms with E-state index in [4.69, 9.17) is 0 Å². The average Bonchev–Trinajstić information content (AvgIpc) is 2.83. The van der Waals surface area contributed by atoms with E-state index in [2.05, 4.69) is 47.7 Å². The lowest BCUT2D eigenvalue weighted by molar-refractivity contribution is 0.0726. The topological polar surface area (TPSA) is 69.7 Å². The van der Waals surface area contributed by atoms with E-state index in [0.717, 1.165) is 12.1 Å². The van der Waals surface area contributed by atoms with Crippen molar-refractivity contribution in [1.82, 2.24) is 9.62 Å². The zero-order chi connectivity index (χ0) is 23.4. The summed E-state index contributed by atoms with van der Waals surface area (Å²) in [6.45, 7) is 6.50. The lowest BCUT2D eigenvalue weighted by atomic mass is 10.1. The number of anilines is 1. The van der Waals surface area contributed by atoms with Crippen LogP contribution in [0.5, 0.6) is 0 Å². The summed E-state index contributed by atoms with van der Waals surface area (Å²) in [4.78, 5) is 17.5. The van der Waals surface area contributed by atoms with Gasteiger partial charge in [-0.25, -0.2) is 13.1 Å². The molecule has 0 radical (unpaired) electrons. The first-order valence-corrected chi connectivity index (χ1v) is 12.6. The number of nitrogens with zero attached hydrogens (tertiary/aromatic N) is 2. The number of hydrogen-bond donors (Lipinski definition) is 1. The Hall–Kier alpha value is -3.16. The average molecular weight is 464 g/mol. The minimum absolute atomic E-state index is 0.00200. The molecule has 1 aliphatic rings. The Morgan fingerprint density at radius 1 is 0.970 bits per heavy atom. The monoisotopic (exact) mass is 463 g/mol. The van der Waals surface area contributed by atoms with Crippen molar-refractivity contribution in [1.29, 1.82) is 0 Å². The molecule has 1 amide bonds. The second kappa shape index (κ2) is 9.77. The summed E-state index contributed by atoms with van der Waals surface area (Å²) < 4.78 is 27.4. The molecule has 1 N–H and O–H groups in total. The predicted molar refractivity (Wildman–Crippen MR) is 131 cm³/mol. The first-order chi connectivity index (χ1) is 15.8. The van der Waals surface area contributed by atoms with E-state index in [0.29, 0.717) is 18.7 Å². The molecule has 0 aromatic heterocycles. The van der Waals surface area contributed by atoms with Crippen LogP contribution < -0.4 is 9.62 Å². The van der Waals surface area contributed by atoms with E-state index in [9.17, 15) is 13.2 Å². The molecule has 0 saturated carbocycles. The van der Waals surface area contributed by atoms with Crippen LogP contribution in [0.15, 0.2) is 83.8 Å². The van der Waals surface area contributed by atoms with Gasteiger partial charge in [0.1, 0.15) is 0 Å². The molecule has 1 atom stereocenters. The third-order valence-corrected chi connectivity index (χ3v) is 7.39. The van der Waals surface area contributed by atoms with Gasteiger partial charge in [0.25, 0.3) is 5.91 Å². The minimum atomic E-state index is -3.57. The second-order valence-corrected chi connectivity index (χ2v) is 10.2. The number of benzene rings is 3. The standard InChI is InChI=1S/C26H29N3O3S/c1-20-7-6-8-24(17-20)29-16-15-28(19-21(29)2)26(30)23-13-11-22(12-14-23)18-27-33(31,32)25-9-4-3-5-10-25/h3-14,17,21,27H,15-16,18-19H2,1-2H3/t21-/m0/s1. The first kappa shape index (κ1) is 23.0. The van der Waals surface area contributed by atoms with Gasteiger partial charge in [0.05, 0.1) is 4.90 Å². The van der Waals surface area contributed by atoms with Gasteiger partial charge in [-0.3, -0.25) is 4.79 Å². The Morgan fingerprint density at radius 2 is 1.70 bits per heavy atom. The van der Waals surface area contributed by atoms with Crippen LogP contribution in [0.1, 0.15) is 28.4 Å². The van der Waals surface area contributed by atoms with Crippen LogP contribution in [0.25, 0.3) is 0 Å². The van der Waals surface area contributed by atoms with Gasteiger partial charge in [-0.15, -0.1) is 0 Å². The van der Waals surface area contributed by atoms with Crippen molar-refractivity contribution < 1.29 is 13.2 Å². The fourth-order valence-electron chi connectivity index (χ4n) is 4.14. The largest absolute Gasteiger partial charge is 0.365 e. The Labute approximate surface area is 195 Å². The number of sulfonamides is 1. The number of amides is 1. The van der Waals surface area contributed by atoms with Crippen LogP contribution >= 0.6 is 0 Å². The van der Waals surface area contributed by atoms with Crippen molar-refractivity contribution in [3.8, 4) is 0 Å². The lowest BCUT2D eigenvalue weighted by Crippen LogP contribution is -2.53. The maximum Gasteiger partial charge on any atom is 0.253 e. The van der Waals surface area contributed by atoms with Gasteiger partial charge >= 0.3 is 0 Å². The summed E-state index contributed by atoms with van der Waals surface area (Å²) in [5, 5.41) is 0. The molecule has 172 valence electrons. The van der Waals surface area contributed by atoms with Gasteiger partial charge in [-0.05, 0) is 61.4 Å². The highest BCUT2D eigenvalue weighted by Crippen LogP contribution is 2.22. The van der Waals surface area contributed by atoms with Crippen LogP contribution in [0.2, 0.25) is 0 Å². The van der Waals surface area contributed by atoms with Gasteiger partial charge in [0.15, 0.2) is 0 Å². The molecular weight excluding hydrogens is 434 g/mol. The molecule has 3 aromatic rings. The molecule has 1 aliphatic heterocycles. The Kier molecular flexibility index (Phi) is 6.81. The highest BCUT2D eigenvalue weighted by Gasteiger charge is 2.27. The zero-order valence-corrected chi connectivity index (χ0v) is 19.8. The van der Waals surface area contributed by atoms with E-state index in [-0.39, 0.29) is 23.4 Å². The predicted octanol–water partition coefficient (Wildman–Crippen LogP) is 3.82. The molecule has 4 rings (SSSR count). The number of rotatable bonds is 6. The molecule has 1 saturated heterocycles. The van der Waals surface area contributed by atoms with Crippen molar-refractivity contribution in [2.75, 3.05) is 24.5 Å². The number of hydrogen-bond acceptors (Lipinski definition) is 4. The molecule has 3 aromatic carbocycles. The molecule has 1 heterocycles. The van der Waals surface area contributed by atoms with Gasteiger partial charge in [0.2, 0.25) is 10.0 Å². The summed E-state index contributed by atoms with van der Waals surface area (Å²) in [5.74, 6) is 0.00200. The zero-order valence-electron chi connectivity index (χ0n) is 18.9. The summed E-state index contributed by atoms with van der Waals surface area (Å²) in [7, 11) is -3.57. The quantitative estimate of drug-likeness (QED) is 0.603. The van der Waals surface area contributed by atoms with Gasteiger partial charge in [-0.1, -0.05) is 42.5 Å². The number of piperazine rings is 1. The minimum Gasteiger partial charge on any atom is -0.365 e. The second-order valence-electron chi connectivity index (χ2n) is 8.47. The van der Waals surface area contributed by atoms with Crippen LogP contribution in [-0.4, -0.2) is 44.9 Å². The normalized spacial score (nSPS) is 16.6. The van der Waals surface area contributed by atoms with Crippen LogP contribution in [0.4, 0.5) is 5.69 Å². The fraction of sp³-hybridized carbons (Fsp3) is 0.269. The van der Waals surface area contributed by atoms with E-state index in [1.807, 2.05) is 4.90 Å². The summed E-state index contributed by atoms with van der Waals surface area (Å²) in [5.41, 5.74) is 3.82. The van der Waals surface area contributed by atoms with Crippen molar-refractivity contribution in [2.24, 2.45) is 0 Å². The van der Waals surface area contributed by atoms with Crippen LogP contribution in [0.3, 0.4) is 0 Å².